The van der Waals surface area contributed by atoms with Crippen LogP contribution in [0.3, 0.4) is 0 Å². The van der Waals surface area contributed by atoms with Gasteiger partial charge in [0, 0.05) is 13.0 Å². The van der Waals surface area contributed by atoms with E-state index in [1.165, 1.54) is 14.0 Å². The maximum absolute atomic E-state index is 11.1. The Balaban J connectivity index is 2.85. The maximum atomic E-state index is 11.1. The molecule has 0 saturated heterocycles. The second-order valence-corrected chi connectivity index (χ2v) is 4.28. The molecule has 0 spiro atoms. The summed E-state index contributed by atoms with van der Waals surface area (Å²) in [5.41, 5.74) is 7.13. The summed E-state index contributed by atoms with van der Waals surface area (Å²) in [4.78, 5) is 21.6. The third-order valence-corrected chi connectivity index (χ3v) is 2.51. The molecule has 0 aromatic heterocycles. The number of benzene rings is 1. The second kappa shape index (κ2) is 6.75. The fourth-order valence-electron chi connectivity index (χ4n) is 1.77. The van der Waals surface area contributed by atoms with Crippen LogP contribution < -0.4 is 15.8 Å². The SMILES string of the molecule is COc1ccc(CC(N)CC(=O)O)cc1NC(C)=O. The van der Waals surface area contributed by atoms with Crippen molar-refractivity contribution in [3.05, 3.63) is 23.8 Å². The molecule has 0 saturated carbocycles. The summed E-state index contributed by atoms with van der Waals surface area (Å²) in [6.45, 7) is 1.41. The number of anilines is 1. The normalized spacial score (nSPS) is 11.7. The zero-order chi connectivity index (χ0) is 14.4. The number of carboxylic acid groups (broad SMARTS) is 1. The van der Waals surface area contributed by atoms with Gasteiger partial charge in [-0.2, -0.15) is 0 Å². The van der Waals surface area contributed by atoms with E-state index in [9.17, 15) is 9.59 Å². The van der Waals surface area contributed by atoms with Crippen molar-refractivity contribution in [3.8, 4) is 5.75 Å². The van der Waals surface area contributed by atoms with Crippen LogP contribution in [0, 0.1) is 0 Å². The van der Waals surface area contributed by atoms with Gasteiger partial charge in [0.1, 0.15) is 5.75 Å². The van der Waals surface area contributed by atoms with Crippen molar-refractivity contribution in [1.82, 2.24) is 0 Å². The predicted octanol–water partition coefficient (Wildman–Crippen LogP) is 0.998. The molecule has 19 heavy (non-hydrogen) atoms. The summed E-state index contributed by atoms with van der Waals surface area (Å²) in [6, 6.07) is 4.79. The van der Waals surface area contributed by atoms with Gasteiger partial charge in [0.05, 0.1) is 19.2 Å². The number of hydrogen-bond acceptors (Lipinski definition) is 4. The lowest BCUT2D eigenvalue weighted by Gasteiger charge is -2.13. The van der Waals surface area contributed by atoms with Crippen LogP contribution in [0.4, 0.5) is 5.69 Å². The van der Waals surface area contributed by atoms with E-state index in [1.807, 2.05) is 0 Å². The van der Waals surface area contributed by atoms with Gasteiger partial charge in [-0.05, 0) is 24.1 Å². The Bertz CT molecular complexity index is 474. The van der Waals surface area contributed by atoms with Crippen molar-refractivity contribution < 1.29 is 19.4 Å². The number of carboxylic acids is 1. The molecule has 0 fully saturated rings. The summed E-state index contributed by atoms with van der Waals surface area (Å²) < 4.78 is 5.13. The fourth-order valence-corrected chi connectivity index (χ4v) is 1.77. The van der Waals surface area contributed by atoms with Crippen LogP contribution in [0.15, 0.2) is 18.2 Å². The van der Waals surface area contributed by atoms with Crippen LogP contribution in [0.2, 0.25) is 0 Å². The van der Waals surface area contributed by atoms with Gasteiger partial charge in [0.25, 0.3) is 0 Å². The first kappa shape index (κ1) is 15.0. The van der Waals surface area contributed by atoms with Crippen LogP contribution in [0.1, 0.15) is 18.9 Å². The van der Waals surface area contributed by atoms with Gasteiger partial charge in [0.15, 0.2) is 0 Å². The number of rotatable bonds is 6. The molecule has 1 rings (SSSR count). The molecule has 1 atom stereocenters. The Morgan fingerprint density at radius 1 is 1.47 bits per heavy atom. The molecule has 0 aliphatic carbocycles. The number of aliphatic carboxylic acids is 1. The number of hydrogen-bond donors (Lipinski definition) is 3. The van der Waals surface area contributed by atoms with E-state index in [2.05, 4.69) is 5.32 Å². The van der Waals surface area contributed by atoms with Crippen molar-refractivity contribution in [2.45, 2.75) is 25.8 Å². The lowest BCUT2D eigenvalue weighted by atomic mass is 10.0. The predicted molar refractivity (Wildman–Crippen MR) is 71.2 cm³/mol. The maximum Gasteiger partial charge on any atom is 0.304 e. The first-order valence-electron chi connectivity index (χ1n) is 5.84. The van der Waals surface area contributed by atoms with Gasteiger partial charge < -0.3 is 20.9 Å². The molecule has 0 radical (unpaired) electrons. The third kappa shape index (κ3) is 4.97. The smallest absolute Gasteiger partial charge is 0.304 e. The highest BCUT2D eigenvalue weighted by Crippen LogP contribution is 2.26. The Hall–Kier alpha value is -2.08. The average Bonchev–Trinajstić information content (AvgIpc) is 2.27. The Labute approximate surface area is 111 Å². The van der Waals surface area contributed by atoms with E-state index in [0.717, 1.165) is 5.56 Å². The highest BCUT2D eigenvalue weighted by atomic mass is 16.5. The zero-order valence-electron chi connectivity index (χ0n) is 11.0. The van der Waals surface area contributed by atoms with Crippen LogP contribution in [-0.4, -0.2) is 30.1 Å². The molecule has 1 aromatic rings. The Morgan fingerprint density at radius 2 is 2.16 bits per heavy atom. The van der Waals surface area contributed by atoms with Crippen LogP contribution >= 0.6 is 0 Å². The second-order valence-electron chi connectivity index (χ2n) is 4.28. The van der Waals surface area contributed by atoms with Gasteiger partial charge in [-0.1, -0.05) is 6.07 Å². The van der Waals surface area contributed by atoms with Crippen molar-refractivity contribution in [2.75, 3.05) is 12.4 Å². The van der Waals surface area contributed by atoms with E-state index < -0.39 is 12.0 Å². The van der Waals surface area contributed by atoms with Crippen LogP contribution in [0.25, 0.3) is 0 Å². The minimum absolute atomic E-state index is 0.0957. The minimum atomic E-state index is -0.928. The fraction of sp³-hybridized carbons (Fsp3) is 0.385. The van der Waals surface area contributed by atoms with Crippen molar-refractivity contribution in [2.24, 2.45) is 5.73 Å². The van der Waals surface area contributed by atoms with E-state index in [-0.39, 0.29) is 12.3 Å². The summed E-state index contributed by atoms with van der Waals surface area (Å²) in [6.07, 6.45) is 0.324. The summed E-state index contributed by atoms with van der Waals surface area (Å²) in [7, 11) is 1.51. The molecule has 0 bridgehead atoms. The Kier molecular flexibility index (Phi) is 5.32. The number of nitrogens with one attached hydrogen (secondary N) is 1. The standard InChI is InChI=1S/C13H18N2O4/c1-8(16)15-11-6-9(3-4-12(11)19-2)5-10(14)7-13(17)18/h3-4,6,10H,5,7,14H2,1-2H3,(H,15,16)(H,17,18). The number of nitrogens with two attached hydrogens (primary N) is 1. The summed E-state index contributed by atoms with van der Waals surface area (Å²) in [5.74, 6) is -0.584. The van der Waals surface area contributed by atoms with E-state index in [4.69, 9.17) is 15.6 Å². The molecule has 104 valence electrons. The molecule has 6 nitrogen and oxygen atoms in total. The van der Waals surface area contributed by atoms with Gasteiger partial charge in [-0.15, -0.1) is 0 Å². The molecular weight excluding hydrogens is 248 g/mol. The van der Waals surface area contributed by atoms with E-state index in [0.29, 0.717) is 17.9 Å². The highest BCUT2D eigenvalue weighted by Gasteiger charge is 2.11. The lowest BCUT2D eigenvalue weighted by molar-refractivity contribution is -0.137. The topological polar surface area (TPSA) is 102 Å². The summed E-state index contributed by atoms with van der Waals surface area (Å²) in [5, 5.41) is 11.3. The van der Waals surface area contributed by atoms with E-state index >= 15 is 0 Å². The summed E-state index contributed by atoms with van der Waals surface area (Å²) >= 11 is 0. The van der Waals surface area contributed by atoms with Crippen molar-refractivity contribution in [3.63, 3.8) is 0 Å². The van der Waals surface area contributed by atoms with Gasteiger partial charge in [0.2, 0.25) is 5.91 Å². The third-order valence-electron chi connectivity index (χ3n) is 2.51. The molecule has 0 aliphatic heterocycles. The molecular formula is C13H18N2O4. The minimum Gasteiger partial charge on any atom is -0.495 e. The van der Waals surface area contributed by atoms with Crippen LogP contribution in [-0.2, 0) is 16.0 Å². The molecule has 0 aliphatic rings. The van der Waals surface area contributed by atoms with E-state index in [1.54, 1.807) is 18.2 Å². The lowest BCUT2D eigenvalue weighted by Crippen LogP contribution is -2.26. The number of carbonyl (C=O) groups is 2. The van der Waals surface area contributed by atoms with Crippen LogP contribution in [0.5, 0.6) is 5.75 Å². The highest BCUT2D eigenvalue weighted by molar-refractivity contribution is 5.90. The molecule has 0 heterocycles. The number of methoxy groups -OCH3 is 1. The average molecular weight is 266 g/mol. The molecule has 1 unspecified atom stereocenters. The number of amides is 1. The van der Waals surface area contributed by atoms with Gasteiger partial charge in [-0.3, -0.25) is 9.59 Å². The molecule has 1 amide bonds. The monoisotopic (exact) mass is 266 g/mol. The zero-order valence-corrected chi connectivity index (χ0v) is 11.0. The van der Waals surface area contributed by atoms with Gasteiger partial charge >= 0.3 is 5.97 Å². The number of carbonyl (C=O) groups excluding carboxylic acids is 1. The molecule has 4 N–H and O–H groups in total. The van der Waals surface area contributed by atoms with Crippen molar-refractivity contribution in [1.29, 1.82) is 0 Å². The quantitative estimate of drug-likeness (QED) is 0.713. The first-order chi connectivity index (χ1) is 8.92. The van der Waals surface area contributed by atoms with Crippen molar-refractivity contribution >= 4 is 17.6 Å². The largest absolute Gasteiger partial charge is 0.495 e. The first-order valence-corrected chi connectivity index (χ1v) is 5.84. The number of ether oxygens (including phenoxy) is 1. The molecule has 1 aromatic carbocycles. The Morgan fingerprint density at radius 3 is 2.68 bits per heavy atom. The van der Waals surface area contributed by atoms with Gasteiger partial charge in [-0.25, -0.2) is 0 Å². The molecule has 6 heteroatoms.